The Morgan fingerprint density at radius 2 is 1.64 bits per heavy atom. The first-order chi connectivity index (χ1) is 18.8. The Morgan fingerprint density at radius 3 is 2.44 bits per heavy atom. The fraction of sp³-hybridized carbons (Fsp3) is 0.121. The van der Waals surface area contributed by atoms with Gasteiger partial charge in [-0.2, -0.15) is 6.07 Å². The number of furan rings is 1. The van der Waals surface area contributed by atoms with Crippen LogP contribution in [0.5, 0.6) is 0 Å². The van der Waals surface area contributed by atoms with E-state index in [1.165, 1.54) is 5.69 Å². The van der Waals surface area contributed by atoms with Gasteiger partial charge in [0.2, 0.25) is 5.71 Å². The number of rotatable bonds is 5. The molecule has 0 unspecified atom stereocenters. The van der Waals surface area contributed by atoms with Crippen molar-refractivity contribution in [1.29, 1.82) is 0 Å². The number of pyridine rings is 2. The van der Waals surface area contributed by atoms with Crippen molar-refractivity contribution in [3.63, 3.8) is 0 Å². The van der Waals surface area contributed by atoms with Crippen LogP contribution < -0.4 is 4.58 Å². The van der Waals surface area contributed by atoms with Crippen molar-refractivity contribution >= 4 is 45.1 Å². The van der Waals surface area contributed by atoms with Crippen LogP contribution in [-0.2, 0) is 20.1 Å². The Labute approximate surface area is 241 Å². The topological polar surface area (TPSA) is 44.9 Å². The van der Waals surface area contributed by atoms with E-state index in [1.807, 2.05) is 54.6 Å². The summed E-state index contributed by atoms with van der Waals surface area (Å²) in [6.45, 7) is 3.16. The molecule has 39 heavy (non-hydrogen) atoms. The van der Waals surface area contributed by atoms with Gasteiger partial charge in [0.05, 0.1) is 0 Å². The summed E-state index contributed by atoms with van der Waals surface area (Å²) < 4.78 is 10.1. The molecule has 1 aliphatic rings. The first kappa shape index (κ1) is 26.4. The van der Waals surface area contributed by atoms with Crippen molar-refractivity contribution in [2.75, 3.05) is 6.54 Å². The molecule has 0 bridgehead atoms. The van der Waals surface area contributed by atoms with Gasteiger partial charge in [0.15, 0.2) is 6.54 Å². The van der Waals surface area contributed by atoms with Crippen LogP contribution in [0.25, 0.3) is 33.3 Å². The Bertz CT molecular complexity index is 1750. The first-order valence-corrected chi connectivity index (χ1v) is 12.8. The summed E-state index contributed by atoms with van der Waals surface area (Å²) in [5.41, 5.74) is 6.60. The summed E-state index contributed by atoms with van der Waals surface area (Å²) in [6, 6.07) is 40.2. The maximum Gasteiger partial charge on any atom is 0.494 e. The molecule has 0 spiro atoms. The first-order valence-electron chi connectivity index (χ1n) is 12.8. The molecule has 6 heteroatoms. The van der Waals surface area contributed by atoms with Gasteiger partial charge in [0.25, 0.3) is 11.4 Å². The fourth-order valence-electron chi connectivity index (χ4n) is 4.52. The molecule has 6 aromatic rings. The minimum atomic E-state index is 0. The van der Waals surface area contributed by atoms with E-state index in [-0.39, 0.29) is 20.1 Å². The van der Waals surface area contributed by atoms with E-state index >= 15 is 0 Å². The Kier molecular flexibility index (Phi) is 8.19. The molecule has 1 radical (unpaired) electrons. The molecule has 3 aromatic carbocycles. The number of aromatic nitrogens is 2. The second kappa shape index (κ2) is 12.1. The number of para-hydroxylation sites is 2. The second-order valence-corrected chi connectivity index (χ2v) is 8.97. The van der Waals surface area contributed by atoms with Crippen LogP contribution in [0.4, 0.5) is 17.1 Å². The molecule has 0 saturated heterocycles. The van der Waals surface area contributed by atoms with Crippen LogP contribution in [-0.4, -0.2) is 27.1 Å². The second-order valence-electron chi connectivity index (χ2n) is 8.97. The standard InChI is InChI=1S/C22H18N3O.C11H8N.Ir/c1-2-3-13-24-15-25(20-9-5-4-8-19(20)24)16-10-11-17-18-7-6-12-23-22(18)26-21(17)14-16;1-2-6-10(7-3-1)11-8-4-5-9-12-11;/h4-12H,2-3,13H2,1H3;1-6,8-9H;/q+1;-1;. The van der Waals surface area contributed by atoms with Crippen LogP contribution in [0, 0.1) is 12.1 Å². The Balaban J connectivity index is 0.000000200. The quantitative estimate of drug-likeness (QED) is 0.137. The summed E-state index contributed by atoms with van der Waals surface area (Å²) in [5.74, 6) is 0. The van der Waals surface area contributed by atoms with Crippen LogP contribution in [0.1, 0.15) is 19.8 Å². The number of nitrogens with zero attached hydrogens (tertiary/aromatic N) is 4. The van der Waals surface area contributed by atoms with Crippen molar-refractivity contribution in [2.24, 2.45) is 0 Å². The van der Waals surface area contributed by atoms with Crippen molar-refractivity contribution in [3.8, 4) is 11.3 Å². The zero-order valence-corrected chi connectivity index (χ0v) is 23.9. The summed E-state index contributed by atoms with van der Waals surface area (Å²) in [6.07, 6.45) is 5.82. The molecular formula is C33H26IrN4O. The summed E-state index contributed by atoms with van der Waals surface area (Å²) in [4.78, 5) is 8.52. The summed E-state index contributed by atoms with van der Waals surface area (Å²) >= 11 is 0. The average molecular weight is 687 g/mol. The van der Waals surface area contributed by atoms with E-state index < -0.39 is 0 Å². The normalized spacial score (nSPS) is 11.7. The van der Waals surface area contributed by atoms with Gasteiger partial charge in [-0.3, -0.25) is 0 Å². The predicted octanol–water partition coefficient (Wildman–Crippen LogP) is 7.79. The molecule has 4 heterocycles. The molecule has 0 aliphatic carbocycles. The van der Waals surface area contributed by atoms with E-state index in [2.05, 4.69) is 80.6 Å². The minimum absolute atomic E-state index is 0. The van der Waals surface area contributed by atoms with Gasteiger partial charge in [0, 0.05) is 56.6 Å². The maximum absolute atomic E-state index is 5.90. The van der Waals surface area contributed by atoms with Gasteiger partial charge in [-0.05, 0) is 23.2 Å². The largest absolute Gasteiger partial charge is 0.494 e. The maximum atomic E-state index is 5.90. The predicted molar refractivity (Wildman–Crippen MR) is 151 cm³/mol. The van der Waals surface area contributed by atoms with Gasteiger partial charge < -0.3 is 9.40 Å². The number of fused-ring (bicyclic) bond motifs is 4. The number of unbranched alkanes of at least 4 members (excludes halogenated alkanes) is 1. The molecule has 7 rings (SSSR count). The monoisotopic (exact) mass is 687 g/mol. The van der Waals surface area contributed by atoms with Gasteiger partial charge in [0.1, 0.15) is 5.69 Å². The van der Waals surface area contributed by atoms with E-state index in [0.717, 1.165) is 58.4 Å². The number of benzene rings is 3. The molecule has 0 atom stereocenters. The van der Waals surface area contributed by atoms with Crippen LogP contribution in [0.2, 0.25) is 0 Å². The van der Waals surface area contributed by atoms with E-state index in [1.54, 1.807) is 12.4 Å². The third-order valence-corrected chi connectivity index (χ3v) is 6.41. The Morgan fingerprint density at radius 1 is 0.821 bits per heavy atom. The van der Waals surface area contributed by atoms with Crippen molar-refractivity contribution in [2.45, 2.75) is 19.8 Å². The van der Waals surface area contributed by atoms with E-state index in [4.69, 9.17) is 4.42 Å². The number of hydrogen-bond donors (Lipinski definition) is 0. The van der Waals surface area contributed by atoms with Crippen LogP contribution in [0.15, 0.2) is 108 Å². The SMILES string of the molecule is CCCC[N+]1=C=[N+](c2[c-]c3oc4ncccc4c3cc2)c2ccccc21.[Ir].[c-]1ccccc1-c1ccccn1. The zero-order valence-electron chi connectivity index (χ0n) is 21.5. The van der Waals surface area contributed by atoms with Gasteiger partial charge in [-0.1, -0.05) is 70.3 Å². The third-order valence-electron chi connectivity index (χ3n) is 6.41. The van der Waals surface area contributed by atoms with Gasteiger partial charge >= 0.3 is 6.01 Å². The summed E-state index contributed by atoms with van der Waals surface area (Å²) in [5, 5.41) is 2.05. The van der Waals surface area contributed by atoms with Crippen LogP contribution >= 0.6 is 0 Å². The molecule has 0 amide bonds. The smallest absolute Gasteiger partial charge is 0.465 e. The average Bonchev–Trinajstić information content (AvgIpc) is 3.55. The molecule has 0 saturated carbocycles. The van der Waals surface area contributed by atoms with Crippen LogP contribution in [0.3, 0.4) is 0 Å². The minimum Gasteiger partial charge on any atom is -0.465 e. The summed E-state index contributed by atoms with van der Waals surface area (Å²) in [7, 11) is 0. The molecule has 3 aromatic heterocycles. The van der Waals surface area contributed by atoms with Crippen molar-refractivity contribution in [1.82, 2.24) is 14.5 Å². The van der Waals surface area contributed by atoms with E-state index in [0.29, 0.717) is 5.71 Å². The molecular weight excluding hydrogens is 661 g/mol. The van der Waals surface area contributed by atoms with E-state index in [9.17, 15) is 0 Å². The van der Waals surface area contributed by atoms with Gasteiger partial charge in [-0.25, -0.2) is 4.98 Å². The van der Waals surface area contributed by atoms with Gasteiger partial charge in [-0.15, -0.1) is 35.9 Å². The molecule has 0 N–H and O–H groups in total. The Hall–Kier alpha value is -4.21. The molecule has 193 valence electrons. The molecule has 5 nitrogen and oxygen atoms in total. The molecule has 1 aliphatic heterocycles. The number of hydrogen-bond acceptors (Lipinski definition) is 3. The van der Waals surface area contributed by atoms with Crippen molar-refractivity contribution in [3.05, 3.63) is 116 Å². The third kappa shape index (κ3) is 5.50. The van der Waals surface area contributed by atoms with Crippen molar-refractivity contribution < 1.29 is 29.1 Å². The molecule has 0 fully saturated rings. The zero-order chi connectivity index (χ0) is 25.7. The fourth-order valence-corrected chi connectivity index (χ4v) is 4.52.